The van der Waals surface area contributed by atoms with Gasteiger partial charge in [-0.05, 0) is 18.2 Å². The van der Waals surface area contributed by atoms with E-state index in [1.807, 2.05) is 22.8 Å². The highest BCUT2D eigenvalue weighted by molar-refractivity contribution is 6.32. The second-order valence-corrected chi connectivity index (χ2v) is 4.16. The number of rotatable bonds is 4. The normalized spacial score (nSPS) is 10.6. The number of fused-ring (bicyclic) bond motifs is 1. The van der Waals surface area contributed by atoms with Crippen LogP contribution in [0, 0.1) is 11.3 Å². The zero-order valence-electron chi connectivity index (χ0n) is 10.2. The molecule has 0 N–H and O–H groups in total. The second kappa shape index (κ2) is 5.30. The minimum atomic E-state index is 0.442. The van der Waals surface area contributed by atoms with Gasteiger partial charge in [-0.25, -0.2) is 0 Å². The predicted octanol–water partition coefficient (Wildman–Crippen LogP) is 2.82. The summed E-state index contributed by atoms with van der Waals surface area (Å²) in [5.41, 5.74) is 1.39. The lowest BCUT2D eigenvalue weighted by Crippen LogP contribution is -2.03. The van der Waals surface area contributed by atoms with E-state index < -0.39 is 0 Å². The smallest absolute Gasteiger partial charge is 0.128 e. The first-order valence-corrected chi connectivity index (χ1v) is 5.85. The van der Waals surface area contributed by atoms with Crippen LogP contribution < -0.4 is 4.74 Å². The topological polar surface area (TPSA) is 47.2 Å². The molecule has 94 valence electrons. The summed E-state index contributed by atoms with van der Waals surface area (Å²) in [5, 5.41) is 10.4. The van der Waals surface area contributed by atoms with Crippen LogP contribution in [0.4, 0.5) is 0 Å². The molecule has 0 unspecified atom stereocenters. The van der Waals surface area contributed by atoms with Gasteiger partial charge in [-0.15, -0.1) is 0 Å². The van der Waals surface area contributed by atoms with E-state index in [0.29, 0.717) is 29.6 Å². The van der Waals surface area contributed by atoms with Gasteiger partial charge in [-0.3, -0.25) is 0 Å². The lowest BCUT2D eigenvalue weighted by atomic mass is 10.2. The fourth-order valence-corrected chi connectivity index (χ4v) is 2.26. The monoisotopic (exact) mass is 264 g/mol. The molecule has 1 aromatic heterocycles. The van der Waals surface area contributed by atoms with Crippen LogP contribution in [-0.2, 0) is 11.3 Å². The van der Waals surface area contributed by atoms with Crippen molar-refractivity contribution in [1.82, 2.24) is 4.57 Å². The fourth-order valence-electron chi connectivity index (χ4n) is 1.94. The summed E-state index contributed by atoms with van der Waals surface area (Å²) in [7, 11) is 3.23. The Bertz CT molecular complexity index is 613. The van der Waals surface area contributed by atoms with Gasteiger partial charge in [0.1, 0.15) is 17.0 Å². The van der Waals surface area contributed by atoms with E-state index in [0.717, 1.165) is 10.9 Å². The molecule has 2 aromatic rings. The summed E-state index contributed by atoms with van der Waals surface area (Å²) in [5.74, 6) is 0.708. The van der Waals surface area contributed by atoms with E-state index >= 15 is 0 Å². The zero-order valence-corrected chi connectivity index (χ0v) is 11.0. The van der Waals surface area contributed by atoms with E-state index in [2.05, 4.69) is 6.07 Å². The largest absolute Gasteiger partial charge is 0.497 e. The van der Waals surface area contributed by atoms with Crippen molar-refractivity contribution in [2.75, 3.05) is 20.8 Å². The highest BCUT2D eigenvalue weighted by Gasteiger charge is 2.15. The number of nitrogens with zero attached hydrogens (tertiary/aromatic N) is 2. The summed E-state index contributed by atoms with van der Waals surface area (Å²) >= 11 is 6.23. The molecule has 2 rings (SSSR count). The predicted molar refractivity (Wildman–Crippen MR) is 70.1 cm³/mol. The molecule has 0 saturated heterocycles. The van der Waals surface area contributed by atoms with Gasteiger partial charge in [0.2, 0.25) is 0 Å². The van der Waals surface area contributed by atoms with Crippen molar-refractivity contribution in [3.05, 3.63) is 28.9 Å². The Labute approximate surface area is 110 Å². The minimum Gasteiger partial charge on any atom is -0.497 e. The molecule has 0 radical (unpaired) electrons. The van der Waals surface area contributed by atoms with E-state index in [1.165, 1.54) is 0 Å². The highest BCUT2D eigenvalue weighted by Crippen LogP contribution is 2.31. The third-order valence-electron chi connectivity index (χ3n) is 2.84. The van der Waals surface area contributed by atoms with Crippen molar-refractivity contribution in [2.24, 2.45) is 0 Å². The van der Waals surface area contributed by atoms with Crippen LogP contribution >= 0.6 is 11.6 Å². The number of hydrogen-bond donors (Lipinski definition) is 0. The quantitative estimate of drug-likeness (QED) is 0.853. The molecular formula is C13H13ClN2O2. The summed E-state index contributed by atoms with van der Waals surface area (Å²) in [6, 6.07) is 7.71. The number of nitriles is 1. The van der Waals surface area contributed by atoms with Crippen LogP contribution in [0.1, 0.15) is 5.56 Å². The molecule has 0 aliphatic heterocycles. The van der Waals surface area contributed by atoms with Crippen molar-refractivity contribution in [3.8, 4) is 11.8 Å². The van der Waals surface area contributed by atoms with Crippen LogP contribution in [-0.4, -0.2) is 25.4 Å². The maximum Gasteiger partial charge on any atom is 0.128 e. The van der Waals surface area contributed by atoms with E-state index in [4.69, 9.17) is 21.1 Å². The summed E-state index contributed by atoms with van der Waals surface area (Å²) < 4.78 is 12.1. The van der Waals surface area contributed by atoms with E-state index in [1.54, 1.807) is 14.2 Å². The number of halogens is 1. The van der Waals surface area contributed by atoms with Gasteiger partial charge in [0, 0.05) is 19.0 Å². The lowest BCUT2D eigenvalue weighted by molar-refractivity contribution is 0.188. The molecule has 0 fully saturated rings. The highest BCUT2D eigenvalue weighted by atomic mass is 35.5. The Morgan fingerprint density at radius 2 is 2.17 bits per heavy atom. The van der Waals surface area contributed by atoms with Crippen LogP contribution in [0.2, 0.25) is 5.15 Å². The molecule has 0 aliphatic rings. The summed E-state index contributed by atoms with van der Waals surface area (Å²) in [4.78, 5) is 0. The van der Waals surface area contributed by atoms with Crippen LogP contribution in [0.5, 0.6) is 5.75 Å². The molecule has 0 aliphatic carbocycles. The SMILES string of the molecule is COCCn1c(Cl)c(C#N)c2cc(OC)ccc21. The molecule has 18 heavy (non-hydrogen) atoms. The number of ether oxygens (including phenoxy) is 2. The van der Waals surface area contributed by atoms with Crippen LogP contribution in [0.3, 0.4) is 0 Å². The average molecular weight is 265 g/mol. The first-order chi connectivity index (χ1) is 8.72. The zero-order chi connectivity index (χ0) is 13.1. The first-order valence-electron chi connectivity index (χ1n) is 5.47. The van der Waals surface area contributed by atoms with Gasteiger partial charge in [-0.2, -0.15) is 5.26 Å². The maximum absolute atomic E-state index is 9.20. The molecule has 0 bridgehead atoms. The molecular weight excluding hydrogens is 252 g/mol. The Hall–Kier alpha value is -1.70. The fraction of sp³-hybridized carbons (Fsp3) is 0.308. The van der Waals surface area contributed by atoms with Gasteiger partial charge in [0.15, 0.2) is 0 Å². The van der Waals surface area contributed by atoms with Gasteiger partial charge in [-0.1, -0.05) is 11.6 Å². The van der Waals surface area contributed by atoms with Crippen molar-refractivity contribution in [2.45, 2.75) is 6.54 Å². The lowest BCUT2D eigenvalue weighted by Gasteiger charge is -2.06. The van der Waals surface area contributed by atoms with Crippen molar-refractivity contribution >= 4 is 22.5 Å². The Morgan fingerprint density at radius 1 is 1.39 bits per heavy atom. The van der Waals surface area contributed by atoms with Crippen LogP contribution in [0.15, 0.2) is 18.2 Å². The van der Waals surface area contributed by atoms with E-state index in [-0.39, 0.29) is 0 Å². The third kappa shape index (κ3) is 2.03. The standard InChI is InChI=1S/C13H13ClN2O2/c1-17-6-5-16-12-4-3-9(18-2)7-10(12)11(8-15)13(16)14/h3-4,7H,5-6H2,1-2H3. The number of aromatic nitrogens is 1. The van der Waals surface area contributed by atoms with Gasteiger partial charge in [0.05, 0.1) is 24.8 Å². The Morgan fingerprint density at radius 3 is 2.78 bits per heavy atom. The maximum atomic E-state index is 9.20. The Kier molecular flexibility index (Phi) is 3.75. The summed E-state index contributed by atoms with van der Waals surface area (Å²) in [6.07, 6.45) is 0. The second-order valence-electron chi connectivity index (χ2n) is 3.81. The molecule has 4 nitrogen and oxygen atoms in total. The van der Waals surface area contributed by atoms with E-state index in [9.17, 15) is 5.26 Å². The average Bonchev–Trinajstić information content (AvgIpc) is 2.66. The van der Waals surface area contributed by atoms with Crippen LogP contribution in [0.25, 0.3) is 10.9 Å². The molecule has 1 heterocycles. The third-order valence-corrected chi connectivity index (χ3v) is 3.23. The number of hydrogen-bond acceptors (Lipinski definition) is 3. The molecule has 0 saturated carbocycles. The molecule has 0 atom stereocenters. The number of methoxy groups -OCH3 is 2. The van der Waals surface area contributed by atoms with Crippen molar-refractivity contribution in [3.63, 3.8) is 0 Å². The summed E-state index contributed by atoms with van der Waals surface area (Å²) in [6.45, 7) is 1.15. The molecule has 0 amide bonds. The molecule has 1 aromatic carbocycles. The number of benzene rings is 1. The molecule has 0 spiro atoms. The molecule has 5 heteroatoms. The Balaban J connectivity index is 2.65. The van der Waals surface area contributed by atoms with Gasteiger partial charge >= 0.3 is 0 Å². The van der Waals surface area contributed by atoms with Crippen molar-refractivity contribution in [1.29, 1.82) is 5.26 Å². The first kappa shape index (κ1) is 12.7. The van der Waals surface area contributed by atoms with Gasteiger partial charge < -0.3 is 14.0 Å². The van der Waals surface area contributed by atoms with Crippen molar-refractivity contribution < 1.29 is 9.47 Å². The minimum absolute atomic E-state index is 0.442. The van der Waals surface area contributed by atoms with Gasteiger partial charge in [0.25, 0.3) is 0 Å².